The lowest BCUT2D eigenvalue weighted by atomic mass is 9.82. The number of halogens is 3. The second kappa shape index (κ2) is 5.38. The van der Waals surface area contributed by atoms with Gasteiger partial charge in [0.25, 0.3) is 0 Å². The van der Waals surface area contributed by atoms with Crippen molar-refractivity contribution < 1.29 is 32.6 Å². The Bertz CT molecular complexity index is 686. The minimum atomic E-state index is -4.54. The lowest BCUT2D eigenvalue weighted by molar-refractivity contribution is -0.313. The van der Waals surface area contributed by atoms with E-state index in [1.165, 1.54) is 6.07 Å². The molecule has 1 saturated heterocycles. The molecule has 0 spiro atoms. The molecule has 2 aliphatic rings. The molecule has 3 rings (SSSR count). The second-order valence-electron chi connectivity index (χ2n) is 5.39. The van der Waals surface area contributed by atoms with E-state index in [1.807, 2.05) is 0 Å². The third-order valence-electron chi connectivity index (χ3n) is 3.93. The zero-order chi connectivity index (χ0) is 16.8. The van der Waals surface area contributed by atoms with Crippen molar-refractivity contribution in [1.82, 2.24) is 0 Å². The topological polar surface area (TPSA) is 78.5 Å². The van der Waals surface area contributed by atoms with Gasteiger partial charge >= 0.3 is 6.18 Å². The van der Waals surface area contributed by atoms with Crippen LogP contribution < -0.4 is 10.4 Å². The summed E-state index contributed by atoms with van der Waals surface area (Å²) in [5.41, 5.74) is -0.968. The van der Waals surface area contributed by atoms with E-state index in [-0.39, 0.29) is 5.69 Å². The maximum absolute atomic E-state index is 12.7. The number of ether oxygens (including phenoxy) is 1. The Morgan fingerprint density at radius 1 is 1.13 bits per heavy atom. The molecule has 122 valence electrons. The van der Waals surface area contributed by atoms with Crippen LogP contribution in [0.3, 0.4) is 0 Å². The van der Waals surface area contributed by atoms with E-state index in [0.717, 1.165) is 18.2 Å². The molecule has 4 atom stereocenters. The van der Waals surface area contributed by atoms with Crippen LogP contribution in [0.15, 0.2) is 36.4 Å². The normalized spacial score (nSPS) is 28.8. The van der Waals surface area contributed by atoms with Gasteiger partial charge in [0, 0.05) is 17.6 Å². The van der Waals surface area contributed by atoms with Crippen molar-refractivity contribution in [3.63, 3.8) is 0 Å². The highest BCUT2D eigenvalue weighted by molar-refractivity contribution is 5.96. The van der Waals surface area contributed by atoms with Gasteiger partial charge in [-0.15, -0.1) is 0 Å². The van der Waals surface area contributed by atoms with Gasteiger partial charge < -0.3 is 20.0 Å². The van der Waals surface area contributed by atoms with Gasteiger partial charge in [-0.25, -0.2) is 0 Å². The van der Waals surface area contributed by atoms with Crippen molar-refractivity contribution >= 4 is 17.6 Å². The molecule has 2 aliphatic heterocycles. The van der Waals surface area contributed by atoms with Crippen molar-refractivity contribution in [3.8, 4) is 0 Å². The Morgan fingerprint density at radius 2 is 1.78 bits per heavy atom. The highest BCUT2D eigenvalue weighted by Gasteiger charge is 2.50. The van der Waals surface area contributed by atoms with E-state index in [2.05, 4.69) is 5.32 Å². The Balaban J connectivity index is 1.80. The summed E-state index contributed by atoms with van der Waals surface area (Å²) in [6.45, 7) is 0. The summed E-state index contributed by atoms with van der Waals surface area (Å²) in [5, 5.41) is 13.5. The van der Waals surface area contributed by atoms with E-state index in [4.69, 9.17) is 4.74 Å². The van der Waals surface area contributed by atoms with Crippen LogP contribution in [0.5, 0.6) is 0 Å². The van der Waals surface area contributed by atoms with Crippen LogP contribution in [-0.4, -0.2) is 24.1 Å². The first-order valence-corrected chi connectivity index (χ1v) is 6.80. The van der Waals surface area contributed by atoms with Crippen LogP contribution in [0, 0.1) is 11.8 Å². The Kier molecular flexibility index (Phi) is 3.63. The summed E-state index contributed by atoms with van der Waals surface area (Å²) in [6.07, 6.45) is -2.89. The van der Waals surface area contributed by atoms with Gasteiger partial charge in [-0.05, 0) is 18.2 Å². The molecular weight excluding hydrogens is 315 g/mol. The SMILES string of the molecule is O=C(Nc1cccc(C(F)(F)F)c1)[C@@H]1[C@@H](C(=O)[O-])[C@H]2C=C[C@@H]1O2. The number of hydrogen-bond acceptors (Lipinski definition) is 4. The van der Waals surface area contributed by atoms with Gasteiger partial charge in [0.2, 0.25) is 5.91 Å². The monoisotopic (exact) mass is 326 g/mol. The number of carboxylic acid groups (broad SMARTS) is 1. The number of fused-ring (bicyclic) bond motifs is 2. The zero-order valence-corrected chi connectivity index (χ0v) is 11.5. The third-order valence-corrected chi connectivity index (χ3v) is 3.93. The highest BCUT2D eigenvalue weighted by atomic mass is 19.4. The molecule has 1 aromatic rings. The minimum Gasteiger partial charge on any atom is -0.550 e. The number of hydrogen-bond donors (Lipinski definition) is 1. The number of carbonyl (C=O) groups is 2. The highest BCUT2D eigenvalue weighted by Crippen LogP contribution is 2.39. The first-order chi connectivity index (χ1) is 10.8. The molecule has 1 aromatic carbocycles. The molecule has 2 heterocycles. The fraction of sp³-hybridized carbons (Fsp3) is 0.333. The lowest BCUT2D eigenvalue weighted by Gasteiger charge is -2.25. The largest absolute Gasteiger partial charge is 0.550 e. The number of aliphatic carboxylic acids is 1. The van der Waals surface area contributed by atoms with E-state index in [0.29, 0.717) is 0 Å². The zero-order valence-electron chi connectivity index (χ0n) is 11.5. The standard InChI is InChI=1S/C15H12F3NO4/c16-15(17,18)7-2-1-3-8(6-7)19-13(20)11-9-4-5-10(23-9)12(11)14(21)22/h1-6,9-12H,(H,19,20)(H,21,22)/p-1/t9-,10+,11-,12-/m0/s1. The predicted octanol–water partition coefficient (Wildman–Crippen LogP) is 0.963. The molecule has 1 N–H and O–H groups in total. The predicted molar refractivity (Wildman–Crippen MR) is 69.9 cm³/mol. The fourth-order valence-corrected chi connectivity index (χ4v) is 2.90. The third kappa shape index (κ3) is 2.81. The van der Waals surface area contributed by atoms with Gasteiger partial charge in [0.1, 0.15) is 0 Å². The molecule has 1 amide bonds. The number of anilines is 1. The summed E-state index contributed by atoms with van der Waals surface area (Å²) in [5.74, 6) is -4.33. The van der Waals surface area contributed by atoms with Crippen molar-refractivity contribution in [2.75, 3.05) is 5.32 Å². The van der Waals surface area contributed by atoms with Crippen LogP contribution in [0.25, 0.3) is 0 Å². The Morgan fingerprint density at radius 3 is 2.39 bits per heavy atom. The molecule has 23 heavy (non-hydrogen) atoms. The van der Waals surface area contributed by atoms with Crippen molar-refractivity contribution in [2.24, 2.45) is 11.8 Å². The summed E-state index contributed by atoms with van der Waals surface area (Å²) in [4.78, 5) is 23.5. The number of amides is 1. The number of benzene rings is 1. The first-order valence-electron chi connectivity index (χ1n) is 6.80. The smallest absolute Gasteiger partial charge is 0.416 e. The molecule has 0 saturated carbocycles. The number of rotatable bonds is 3. The maximum atomic E-state index is 12.7. The van der Waals surface area contributed by atoms with Crippen LogP contribution in [0.1, 0.15) is 5.56 Å². The van der Waals surface area contributed by atoms with E-state index in [1.54, 1.807) is 12.2 Å². The molecule has 0 aliphatic carbocycles. The van der Waals surface area contributed by atoms with Crippen LogP contribution in [0.4, 0.5) is 18.9 Å². The van der Waals surface area contributed by atoms with Crippen LogP contribution >= 0.6 is 0 Å². The van der Waals surface area contributed by atoms with Gasteiger partial charge in [-0.2, -0.15) is 13.2 Å². The molecule has 1 fully saturated rings. The average Bonchev–Trinajstić information content (AvgIpc) is 3.07. The molecule has 5 nitrogen and oxygen atoms in total. The van der Waals surface area contributed by atoms with Crippen molar-refractivity contribution in [3.05, 3.63) is 42.0 Å². The van der Waals surface area contributed by atoms with Gasteiger partial charge in [0.05, 0.1) is 23.7 Å². The molecule has 8 heteroatoms. The lowest BCUT2D eigenvalue weighted by Crippen LogP contribution is -2.45. The van der Waals surface area contributed by atoms with Gasteiger partial charge in [-0.3, -0.25) is 4.79 Å². The molecule has 0 radical (unpaired) electrons. The summed E-state index contributed by atoms with van der Waals surface area (Å²) < 4.78 is 43.3. The molecule has 0 aromatic heterocycles. The minimum absolute atomic E-state index is 0.0614. The Hall–Kier alpha value is -2.35. The maximum Gasteiger partial charge on any atom is 0.416 e. The number of carboxylic acids is 1. The van der Waals surface area contributed by atoms with Gasteiger partial charge in [0.15, 0.2) is 0 Å². The average molecular weight is 326 g/mol. The summed E-state index contributed by atoms with van der Waals surface area (Å²) >= 11 is 0. The van der Waals surface area contributed by atoms with E-state index in [9.17, 15) is 27.9 Å². The second-order valence-corrected chi connectivity index (χ2v) is 5.39. The van der Waals surface area contributed by atoms with Crippen molar-refractivity contribution in [1.29, 1.82) is 0 Å². The molecular formula is C15H11F3NO4-. The van der Waals surface area contributed by atoms with Crippen molar-refractivity contribution in [2.45, 2.75) is 18.4 Å². The number of carbonyl (C=O) groups excluding carboxylic acids is 2. The van der Waals surface area contributed by atoms with Gasteiger partial charge in [-0.1, -0.05) is 18.2 Å². The number of nitrogens with one attached hydrogen (secondary N) is 1. The fourth-order valence-electron chi connectivity index (χ4n) is 2.90. The van der Waals surface area contributed by atoms with Crippen LogP contribution in [-0.2, 0) is 20.5 Å². The quantitative estimate of drug-likeness (QED) is 0.840. The number of alkyl halides is 3. The Labute approximate surface area is 128 Å². The van der Waals surface area contributed by atoms with E-state index < -0.39 is 47.7 Å². The first kappa shape index (κ1) is 15.5. The summed E-state index contributed by atoms with van der Waals surface area (Å²) in [6, 6.07) is 4.12. The summed E-state index contributed by atoms with van der Waals surface area (Å²) in [7, 11) is 0. The molecule has 2 bridgehead atoms. The molecule has 0 unspecified atom stereocenters. The van der Waals surface area contributed by atoms with E-state index >= 15 is 0 Å². The van der Waals surface area contributed by atoms with Crippen LogP contribution in [0.2, 0.25) is 0 Å².